The zero-order chi connectivity index (χ0) is 15.2. The number of phenolic OH excluding ortho intramolecular Hbond substituents is 1. The first-order chi connectivity index (χ1) is 10.1. The summed E-state index contributed by atoms with van der Waals surface area (Å²) in [6.07, 6.45) is 1.35. The Balaban J connectivity index is 2.27. The van der Waals surface area contributed by atoms with Crippen LogP contribution in [0.3, 0.4) is 0 Å². The lowest BCUT2D eigenvalue weighted by Crippen LogP contribution is -2.09. The molecule has 0 aliphatic carbocycles. The number of hydrogen-bond acceptors (Lipinski definition) is 4. The highest BCUT2D eigenvalue weighted by molar-refractivity contribution is 5.86. The number of aliphatic imine (C=N–C) groups is 1. The molecular weight excluding hydrogens is 270 g/mol. The molecule has 0 heterocycles. The van der Waals surface area contributed by atoms with Gasteiger partial charge < -0.3 is 14.9 Å². The molecule has 0 amide bonds. The monoisotopic (exact) mass is 285 g/mol. The Morgan fingerprint density at radius 3 is 2.52 bits per heavy atom. The van der Waals surface area contributed by atoms with Crippen LogP contribution in [-0.4, -0.2) is 29.5 Å². The minimum atomic E-state index is -1.05. The summed E-state index contributed by atoms with van der Waals surface area (Å²) in [5.41, 5.74) is 1.01. The van der Waals surface area contributed by atoms with Crippen LogP contribution in [0.4, 0.5) is 0 Å². The van der Waals surface area contributed by atoms with Gasteiger partial charge in [0.2, 0.25) is 0 Å². The van der Waals surface area contributed by atoms with E-state index in [0.29, 0.717) is 16.9 Å². The largest absolute Gasteiger partial charge is 0.507 e. The van der Waals surface area contributed by atoms with Gasteiger partial charge in [0.15, 0.2) is 6.04 Å². The number of ether oxygens (including phenoxy) is 1. The van der Waals surface area contributed by atoms with Gasteiger partial charge in [-0.3, -0.25) is 4.99 Å². The first kappa shape index (κ1) is 14.6. The number of rotatable bonds is 5. The molecule has 0 aliphatic heterocycles. The summed E-state index contributed by atoms with van der Waals surface area (Å²) in [6, 6.07) is 12.4. The van der Waals surface area contributed by atoms with Gasteiger partial charge in [-0.05, 0) is 17.7 Å². The Hall–Kier alpha value is -2.82. The molecule has 0 saturated carbocycles. The number of phenols is 1. The number of nitrogens with zero attached hydrogens (tertiary/aromatic N) is 1. The lowest BCUT2D eigenvalue weighted by atomic mass is 10.1. The maximum absolute atomic E-state index is 11.3. The highest BCUT2D eigenvalue weighted by atomic mass is 16.5. The maximum Gasteiger partial charge on any atom is 0.333 e. The molecule has 2 aromatic rings. The van der Waals surface area contributed by atoms with Crippen molar-refractivity contribution >= 4 is 12.2 Å². The van der Waals surface area contributed by atoms with E-state index in [1.807, 2.05) is 0 Å². The standard InChI is InChI=1S/C16H15NO4/c1-21-13-8-7-12(14(18)9-13)10-17-15(16(19)20)11-5-3-2-4-6-11/h2-10,15,18H,1H3,(H,19,20)/t15-/m0/s1. The zero-order valence-corrected chi connectivity index (χ0v) is 11.4. The Kier molecular flexibility index (Phi) is 4.56. The lowest BCUT2D eigenvalue weighted by Gasteiger charge is -2.08. The highest BCUT2D eigenvalue weighted by Gasteiger charge is 2.17. The van der Waals surface area contributed by atoms with Gasteiger partial charge in [0.25, 0.3) is 0 Å². The molecule has 21 heavy (non-hydrogen) atoms. The van der Waals surface area contributed by atoms with E-state index in [9.17, 15) is 15.0 Å². The van der Waals surface area contributed by atoms with Crippen LogP contribution in [0, 0.1) is 0 Å². The average molecular weight is 285 g/mol. The van der Waals surface area contributed by atoms with E-state index in [1.54, 1.807) is 42.5 Å². The second-order valence-electron chi connectivity index (χ2n) is 4.35. The van der Waals surface area contributed by atoms with E-state index < -0.39 is 12.0 Å². The molecular formula is C16H15NO4. The van der Waals surface area contributed by atoms with Crippen molar-refractivity contribution in [3.63, 3.8) is 0 Å². The third-order valence-corrected chi connectivity index (χ3v) is 2.95. The molecule has 1 atom stereocenters. The fraction of sp³-hybridized carbons (Fsp3) is 0.125. The minimum absolute atomic E-state index is 0.0182. The van der Waals surface area contributed by atoms with Crippen LogP contribution in [-0.2, 0) is 4.79 Å². The smallest absolute Gasteiger partial charge is 0.333 e. The normalized spacial score (nSPS) is 12.2. The minimum Gasteiger partial charge on any atom is -0.507 e. The molecule has 0 fully saturated rings. The molecule has 0 bridgehead atoms. The summed E-state index contributed by atoms with van der Waals surface area (Å²) in [4.78, 5) is 15.4. The first-order valence-electron chi connectivity index (χ1n) is 6.29. The summed E-state index contributed by atoms with van der Waals surface area (Å²) in [5, 5.41) is 19.1. The van der Waals surface area contributed by atoms with Crippen molar-refractivity contribution in [1.82, 2.24) is 0 Å². The van der Waals surface area contributed by atoms with E-state index in [0.717, 1.165) is 0 Å². The topological polar surface area (TPSA) is 79.1 Å². The first-order valence-corrected chi connectivity index (χ1v) is 6.29. The molecule has 2 rings (SSSR count). The van der Waals surface area contributed by atoms with Gasteiger partial charge in [-0.15, -0.1) is 0 Å². The van der Waals surface area contributed by atoms with Crippen LogP contribution in [0.25, 0.3) is 0 Å². The number of benzene rings is 2. The van der Waals surface area contributed by atoms with Crippen LogP contribution >= 0.6 is 0 Å². The van der Waals surface area contributed by atoms with Crippen molar-refractivity contribution in [2.24, 2.45) is 4.99 Å². The molecule has 0 unspecified atom stereocenters. The van der Waals surface area contributed by atoms with Gasteiger partial charge >= 0.3 is 5.97 Å². The summed E-state index contributed by atoms with van der Waals surface area (Å²) >= 11 is 0. The molecule has 0 spiro atoms. The molecule has 5 heteroatoms. The number of carboxylic acid groups (broad SMARTS) is 1. The second-order valence-corrected chi connectivity index (χ2v) is 4.35. The van der Waals surface area contributed by atoms with E-state index in [-0.39, 0.29) is 5.75 Å². The Morgan fingerprint density at radius 2 is 1.95 bits per heavy atom. The molecule has 0 radical (unpaired) electrons. The molecule has 2 N–H and O–H groups in total. The summed E-state index contributed by atoms with van der Waals surface area (Å²) < 4.78 is 4.98. The van der Waals surface area contributed by atoms with E-state index >= 15 is 0 Å². The third kappa shape index (κ3) is 3.60. The molecule has 0 saturated heterocycles. The van der Waals surface area contributed by atoms with Gasteiger partial charge in [0, 0.05) is 17.8 Å². The average Bonchev–Trinajstić information content (AvgIpc) is 2.49. The maximum atomic E-state index is 11.3. The number of carboxylic acids is 1. The van der Waals surface area contributed by atoms with Crippen molar-refractivity contribution in [3.8, 4) is 11.5 Å². The van der Waals surface area contributed by atoms with E-state index in [2.05, 4.69) is 4.99 Å². The Bertz CT molecular complexity index is 653. The van der Waals surface area contributed by atoms with Crippen LogP contribution in [0.2, 0.25) is 0 Å². The fourth-order valence-electron chi connectivity index (χ4n) is 1.84. The van der Waals surface area contributed by atoms with Gasteiger partial charge in [-0.25, -0.2) is 4.79 Å². The molecule has 5 nitrogen and oxygen atoms in total. The van der Waals surface area contributed by atoms with Gasteiger partial charge in [-0.2, -0.15) is 0 Å². The van der Waals surface area contributed by atoms with Crippen LogP contribution < -0.4 is 4.74 Å². The molecule has 0 aromatic heterocycles. The SMILES string of the molecule is COc1ccc(C=N[C@H](C(=O)O)c2ccccc2)c(O)c1. The Labute approximate surface area is 122 Å². The van der Waals surface area contributed by atoms with Crippen LogP contribution in [0.15, 0.2) is 53.5 Å². The molecule has 0 aliphatic rings. The fourth-order valence-corrected chi connectivity index (χ4v) is 1.84. The molecule has 2 aromatic carbocycles. The zero-order valence-electron chi connectivity index (χ0n) is 11.4. The van der Waals surface area contributed by atoms with Crippen molar-refractivity contribution in [1.29, 1.82) is 0 Å². The molecule has 108 valence electrons. The van der Waals surface area contributed by atoms with Gasteiger partial charge in [0.05, 0.1) is 7.11 Å². The summed E-state index contributed by atoms with van der Waals surface area (Å²) in [5.74, 6) is -0.553. The lowest BCUT2D eigenvalue weighted by molar-refractivity contribution is -0.138. The van der Waals surface area contributed by atoms with Crippen LogP contribution in [0.1, 0.15) is 17.2 Å². The quantitative estimate of drug-likeness (QED) is 0.828. The highest BCUT2D eigenvalue weighted by Crippen LogP contribution is 2.23. The van der Waals surface area contributed by atoms with Crippen molar-refractivity contribution < 1.29 is 19.7 Å². The number of aliphatic carboxylic acids is 1. The van der Waals surface area contributed by atoms with Gasteiger partial charge in [-0.1, -0.05) is 30.3 Å². The summed E-state index contributed by atoms with van der Waals surface area (Å²) in [6.45, 7) is 0. The predicted octanol–water partition coefficient (Wildman–Crippen LogP) is 2.65. The van der Waals surface area contributed by atoms with Crippen molar-refractivity contribution in [2.45, 2.75) is 6.04 Å². The van der Waals surface area contributed by atoms with Crippen molar-refractivity contribution in [2.75, 3.05) is 7.11 Å². The number of carbonyl (C=O) groups is 1. The third-order valence-electron chi connectivity index (χ3n) is 2.95. The van der Waals surface area contributed by atoms with Crippen molar-refractivity contribution in [3.05, 3.63) is 59.7 Å². The number of hydrogen-bond donors (Lipinski definition) is 2. The second kappa shape index (κ2) is 6.56. The van der Waals surface area contributed by atoms with E-state index in [1.165, 1.54) is 19.4 Å². The Morgan fingerprint density at radius 1 is 1.24 bits per heavy atom. The summed E-state index contributed by atoms with van der Waals surface area (Å²) in [7, 11) is 1.50. The van der Waals surface area contributed by atoms with Gasteiger partial charge in [0.1, 0.15) is 11.5 Å². The predicted molar refractivity (Wildman–Crippen MR) is 79.1 cm³/mol. The van der Waals surface area contributed by atoms with E-state index in [4.69, 9.17) is 4.74 Å². The number of methoxy groups -OCH3 is 1. The number of aromatic hydroxyl groups is 1. The van der Waals surface area contributed by atoms with Crippen LogP contribution in [0.5, 0.6) is 11.5 Å².